The van der Waals surface area contributed by atoms with Gasteiger partial charge in [-0.25, -0.2) is 0 Å². The Morgan fingerprint density at radius 1 is 1.40 bits per heavy atom. The van der Waals surface area contributed by atoms with Crippen molar-refractivity contribution in [3.8, 4) is 0 Å². The summed E-state index contributed by atoms with van der Waals surface area (Å²) >= 11 is 0. The van der Waals surface area contributed by atoms with Crippen LogP contribution >= 0.6 is 0 Å². The van der Waals surface area contributed by atoms with E-state index < -0.39 is 0 Å². The Hall–Kier alpha value is -0.940. The molecule has 1 aliphatic heterocycles. The van der Waals surface area contributed by atoms with Crippen molar-refractivity contribution in [2.45, 2.75) is 59.0 Å². The Bertz CT molecular complexity index is 391. The van der Waals surface area contributed by atoms with E-state index in [0.29, 0.717) is 12.0 Å². The third-order valence-electron chi connectivity index (χ3n) is 3.85. The summed E-state index contributed by atoms with van der Waals surface area (Å²) in [5, 5.41) is 7.56. The first kappa shape index (κ1) is 15.4. The molecule has 1 unspecified atom stereocenters. The van der Waals surface area contributed by atoms with Crippen LogP contribution in [-0.2, 0) is 13.0 Å². The standard InChI is InChI=1S/C15H28N4O/c1-4-14-17-15(20-18-14)11-19-8-6-5-7-13(19)10-16-9-12(2)3/h12-13,16H,4-11H2,1-3H3. The van der Waals surface area contributed by atoms with E-state index in [9.17, 15) is 0 Å². The van der Waals surface area contributed by atoms with Gasteiger partial charge in [0.15, 0.2) is 5.82 Å². The van der Waals surface area contributed by atoms with Gasteiger partial charge in [0.25, 0.3) is 0 Å². The second kappa shape index (κ2) is 7.74. The van der Waals surface area contributed by atoms with Crippen molar-refractivity contribution < 1.29 is 4.52 Å². The first-order valence-corrected chi connectivity index (χ1v) is 7.95. The number of hydrogen-bond donors (Lipinski definition) is 1. The number of rotatable bonds is 7. The Kier molecular flexibility index (Phi) is 5.98. The highest BCUT2D eigenvalue weighted by atomic mass is 16.5. The largest absolute Gasteiger partial charge is 0.338 e. The van der Waals surface area contributed by atoms with Crippen molar-refractivity contribution in [3.63, 3.8) is 0 Å². The number of hydrogen-bond acceptors (Lipinski definition) is 5. The molecule has 1 fully saturated rings. The summed E-state index contributed by atoms with van der Waals surface area (Å²) in [6, 6.07) is 0.597. The lowest BCUT2D eigenvalue weighted by Crippen LogP contribution is -2.45. The first-order valence-electron chi connectivity index (χ1n) is 7.95. The van der Waals surface area contributed by atoms with Crippen molar-refractivity contribution in [2.24, 2.45) is 5.92 Å². The summed E-state index contributed by atoms with van der Waals surface area (Å²) in [6.45, 7) is 10.6. The van der Waals surface area contributed by atoms with E-state index in [2.05, 4.69) is 34.2 Å². The SMILES string of the molecule is CCc1noc(CN2CCCCC2CNCC(C)C)n1. The van der Waals surface area contributed by atoms with Crippen LogP contribution in [-0.4, -0.2) is 40.7 Å². The predicted molar refractivity (Wildman–Crippen MR) is 79.4 cm³/mol. The lowest BCUT2D eigenvalue weighted by Gasteiger charge is -2.35. The van der Waals surface area contributed by atoms with Crippen LogP contribution < -0.4 is 5.32 Å². The van der Waals surface area contributed by atoms with Gasteiger partial charge in [0.1, 0.15) is 0 Å². The van der Waals surface area contributed by atoms with Crippen molar-refractivity contribution >= 4 is 0 Å². The second-order valence-corrected chi connectivity index (χ2v) is 6.13. The summed E-state index contributed by atoms with van der Waals surface area (Å²) in [5.41, 5.74) is 0. The van der Waals surface area contributed by atoms with Crippen LogP contribution in [0.1, 0.15) is 51.7 Å². The molecule has 5 nitrogen and oxygen atoms in total. The molecule has 2 rings (SSSR count). The number of piperidine rings is 1. The van der Waals surface area contributed by atoms with Crippen LogP contribution in [0.2, 0.25) is 0 Å². The molecule has 5 heteroatoms. The van der Waals surface area contributed by atoms with Crippen LogP contribution in [0, 0.1) is 5.92 Å². The predicted octanol–water partition coefficient (Wildman–Crippen LogP) is 2.23. The van der Waals surface area contributed by atoms with Crippen LogP contribution in [0.4, 0.5) is 0 Å². The zero-order valence-electron chi connectivity index (χ0n) is 13.1. The highest BCUT2D eigenvalue weighted by Gasteiger charge is 2.23. The van der Waals surface area contributed by atoms with Gasteiger partial charge >= 0.3 is 0 Å². The maximum Gasteiger partial charge on any atom is 0.240 e. The topological polar surface area (TPSA) is 54.2 Å². The minimum absolute atomic E-state index is 0.597. The fraction of sp³-hybridized carbons (Fsp3) is 0.867. The maximum absolute atomic E-state index is 5.33. The number of likely N-dealkylation sites (tertiary alicyclic amines) is 1. The smallest absolute Gasteiger partial charge is 0.240 e. The number of nitrogens with zero attached hydrogens (tertiary/aromatic N) is 3. The van der Waals surface area contributed by atoms with Gasteiger partial charge in [0, 0.05) is 19.0 Å². The summed E-state index contributed by atoms with van der Waals surface area (Å²) in [6.07, 6.45) is 4.70. The molecule has 2 heterocycles. The molecular weight excluding hydrogens is 252 g/mol. The van der Waals surface area contributed by atoms with Gasteiger partial charge in [-0.3, -0.25) is 4.90 Å². The minimum Gasteiger partial charge on any atom is -0.338 e. The molecule has 0 saturated carbocycles. The Morgan fingerprint density at radius 3 is 2.95 bits per heavy atom. The molecule has 20 heavy (non-hydrogen) atoms. The molecule has 1 atom stereocenters. The highest BCUT2D eigenvalue weighted by Crippen LogP contribution is 2.18. The zero-order chi connectivity index (χ0) is 14.4. The van der Waals surface area contributed by atoms with E-state index in [4.69, 9.17) is 4.52 Å². The van der Waals surface area contributed by atoms with Crippen molar-refractivity contribution in [1.29, 1.82) is 0 Å². The Morgan fingerprint density at radius 2 is 2.25 bits per heavy atom. The molecule has 1 N–H and O–H groups in total. The molecule has 0 aromatic carbocycles. The van der Waals surface area contributed by atoms with Crippen LogP contribution in [0.15, 0.2) is 4.52 Å². The van der Waals surface area contributed by atoms with Crippen LogP contribution in [0.25, 0.3) is 0 Å². The Labute approximate surface area is 122 Å². The van der Waals surface area contributed by atoms with E-state index in [0.717, 1.165) is 44.3 Å². The van der Waals surface area contributed by atoms with Gasteiger partial charge < -0.3 is 9.84 Å². The lowest BCUT2D eigenvalue weighted by molar-refractivity contribution is 0.121. The van der Waals surface area contributed by atoms with Crippen molar-refractivity contribution in [2.75, 3.05) is 19.6 Å². The molecule has 1 aromatic rings. The molecule has 0 spiro atoms. The van der Waals surface area contributed by atoms with E-state index in [1.165, 1.54) is 19.3 Å². The average molecular weight is 280 g/mol. The number of aromatic nitrogens is 2. The van der Waals surface area contributed by atoms with E-state index in [1.54, 1.807) is 0 Å². The minimum atomic E-state index is 0.597. The van der Waals surface area contributed by atoms with E-state index in [1.807, 2.05) is 6.92 Å². The molecular formula is C15H28N4O. The van der Waals surface area contributed by atoms with Gasteiger partial charge in [-0.1, -0.05) is 32.3 Å². The molecule has 0 aliphatic carbocycles. The average Bonchev–Trinajstić information content (AvgIpc) is 2.88. The van der Waals surface area contributed by atoms with Gasteiger partial charge in [0.05, 0.1) is 6.54 Å². The van der Waals surface area contributed by atoms with E-state index in [-0.39, 0.29) is 0 Å². The summed E-state index contributed by atoms with van der Waals surface area (Å²) in [5.74, 6) is 2.28. The van der Waals surface area contributed by atoms with Gasteiger partial charge in [0.2, 0.25) is 5.89 Å². The van der Waals surface area contributed by atoms with Crippen LogP contribution in [0.3, 0.4) is 0 Å². The van der Waals surface area contributed by atoms with Gasteiger partial charge in [-0.05, 0) is 31.8 Å². The third-order valence-corrected chi connectivity index (χ3v) is 3.85. The van der Waals surface area contributed by atoms with Gasteiger partial charge in [-0.2, -0.15) is 4.98 Å². The molecule has 1 aliphatic rings. The summed E-state index contributed by atoms with van der Waals surface area (Å²) < 4.78 is 5.33. The zero-order valence-corrected chi connectivity index (χ0v) is 13.1. The molecule has 0 amide bonds. The lowest BCUT2D eigenvalue weighted by atomic mass is 10.0. The number of nitrogens with one attached hydrogen (secondary N) is 1. The van der Waals surface area contributed by atoms with Gasteiger partial charge in [-0.15, -0.1) is 0 Å². The highest BCUT2D eigenvalue weighted by molar-refractivity contribution is 4.88. The van der Waals surface area contributed by atoms with Crippen molar-refractivity contribution in [3.05, 3.63) is 11.7 Å². The third kappa shape index (κ3) is 4.56. The normalized spacial score (nSPS) is 20.7. The fourth-order valence-corrected chi connectivity index (χ4v) is 2.71. The number of aryl methyl sites for hydroxylation is 1. The molecule has 1 saturated heterocycles. The second-order valence-electron chi connectivity index (χ2n) is 6.13. The fourth-order valence-electron chi connectivity index (χ4n) is 2.71. The summed E-state index contributed by atoms with van der Waals surface area (Å²) in [7, 11) is 0. The first-order chi connectivity index (χ1) is 9.69. The Balaban J connectivity index is 1.85. The van der Waals surface area contributed by atoms with E-state index >= 15 is 0 Å². The molecule has 0 radical (unpaired) electrons. The quantitative estimate of drug-likeness (QED) is 0.830. The van der Waals surface area contributed by atoms with Crippen LogP contribution in [0.5, 0.6) is 0 Å². The molecule has 1 aromatic heterocycles. The summed E-state index contributed by atoms with van der Waals surface area (Å²) in [4.78, 5) is 6.92. The monoisotopic (exact) mass is 280 g/mol. The molecule has 0 bridgehead atoms. The maximum atomic E-state index is 5.33. The van der Waals surface area contributed by atoms with Crippen molar-refractivity contribution in [1.82, 2.24) is 20.4 Å². The molecule has 114 valence electrons.